The highest BCUT2D eigenvalue weighted by atomic mass is 16.5. The van der Waals surface area contributed by atoms with Crippen LogP contribution in [0.5, 0.6) is 0 Å². The van der Waals surface area contributed by atoms with Gasteiger partial charge in [-0.25, -0.2) is 0 Å². The third-order valence-electron chi connectivity index (χ3n) is 3.42. The van der Waals surface area contributed by atoms with E-state index < -0.39 is 0 Å². The van der Waals surface area contributed by atoms with Crippen LogP contribution in [0.1, 0.15) is 31.7 Å². The molecule has 0 aliphatic carbocycles. The van der Waals surface area contributed by atoms with Gasteiger partial charge < -0.3 is 10.5 Å². The second kappa shape index (κ2) is 4.98. The van der Waals surface area contributed by atoms with Gasteiger partial charge in [-0.05, 0) is 38.2 Å². The molecule has 2 unspecified atom stereocenters. The first-order valence-corrected chi connectivity index (χ1v) is 6.11. The van der Waals surface area contributed by atoms with Crippen molar-refractivity contribution in [3.63, 3.8) is 0 Å². The Hall–Kier alpha value is -0.860. The molecule has 2 heteroatoms. The maximum atomic E-state index is 6.00. The zero-order valence-corrected chi connectivity index (χ0v) is 9.99. The summed E-state index contributed by atoms with van der Waals surface area (Å²) in [6, 6.07) is 10.9. The van der Waals surface area contributed by atoms with Crippen LogP contribution in [0, 0.1) is 0 Å². The number of hydrogen-bond acceptors (Lipinski definition) is 2. The Morgan fingerprint density at radius 1 is 1.38 bits per heavy atom. The lowest BCUT2D eigenvalue weighted by atomic mass is 9.87. The van der Waals surface area contributed by atoms with Crippen LogP contribution in [0.25, 0.3) is 0 Å². The van der Waals surface area contributed by atoms with Crippen molar-refractivity contribution in [2.24, 2.45) is 5.73 Å². The Morgan fingerprint density at radius 3 is 2.81 bits per heavy atom. The highest BCUT2D eigenvalue weighted by molar-refractivity contribution is 5.15. The minimum Gasteiger partial charge on any atom is -0.375 e. The molecular formula is C14H21NO. The normalized spacial score (nSPS) is 30.2. The van der Waals surface area contributed by atoms with Crippen molar-refractivity contribution >= 4 is 0 Å². The van der Waals surface area contributed by atoms with E-state index >= 15 is 0 Å². The molecule has 0 spiro atoms. The first-order valence-electron chi connectivity index (χ1n) is 6.11. The number of benzene rings is 1. The van der Waals surface area contributed by atoms with Crippen molar-refractivity contribution in [1.82, 2.24) is 0 Å². The lowest BCUT2D eigenvalue weighted by molar-refractivity contribution is -0.0760. The Bertz CT molecular complexity index is 325. The zero-order chi connectivity index (χ0) is 11.4. The van der Waals surface area contributed by atoms with Crippen molar-refractivity contribution < 1.29 is 4.74 Å². The minimum atomic E-state index is -0.0203. The Labute approximate surface area is 97.8 Å². The number of nitrogens with two attached hydrogens (primary N) is 1. The number of rotatable bonds is 3. The van der Waals surface area contributed by atoms with E-state index in [2.05, 4.69) is 37.3 Å². The first kappa shape index (κ1) is 11.6. The topological polar surface area (TPSA) is 35.2 Å². The molecule has 0 amide bonds. The highest BCUT2D eigenvalue weighted by Gasteiger charge is 2.31. The minimum absolute atomic E-state index is 0.0203. The van der Waals surface area contributed by atoms with Crippen LogP contribution in [0.4, 0.5) is 0 Å². The van der Waals surface area contributed by atoms with Gasteiger partial charge in [-0.1, -0.05) is 30.3 Å². The zero-order valence-electron chi connectivity index (χ0n) is 9.99. The van der Waals surface area contributed by atoms with Gasteiger partial charge in [-0.15, -0.1) is 0 Å². The van der Waals surface area contributed by atoms with Crippen LogP contribution in [0.2, 0.25) is 0 Å². The molecule has 0 radical (unpaired) electrons. The van der Waals surface area contributed by atoms with E-state index in [1.165, 1.54) is 5.56 Å². The molecule has 0 saturated carbocycles. The Morgan fingerprint density at radius 2 is 2.12 bits per heavy atom. The highest BCUT2D eigenvalue weighted by Crippen LogP contribution is 2.28. The molecule has 1 aromatic rings. The van der Waals surface area contributed by atoms with Crippen LogP contribution in [-0.4, -0.2) is 18.2 Å². The second-order valence-electron chi connectivity index (χ2n) is 5.04. The maximum absolute atomic E-state index is 6.00. The van der Waals surface area contributed by atoms with E-state index in [9.17, 15) is 0 Å². The molecule has 0 bridgehead atoms. The van der Waals surface area contributed by atoms with Crippen molar-refractivity contribution in [2.75, 3.05) is 6.61 Å². The Balaban J connectivity index is 1.89. The number of hydrogen-bond donors (Lipinski definition) is 1. The van der Waals surface area contributed by atoms with Crippen LogP contribution >= 0.6 is 0 Å². The summed E-state index contributed by atoms with van der Waals surface area (Å²) in [5.74, 6) is 0. The molecule has 88 valence electrons. The molecule has 1 saturated heterocycles. The third-order valence-corrected chi connectivity index (χ3v) is 3.42. The molecule has 0 aromatic heterocycles. The quantitative estimate of drug-likeness (QED) is 0.847. The molecule has 2 atom stereocenters. The first-order chi connectivity index (χ1) is 7.68. The fourth-order valence-electron chi connectivity index (χ4n) is 2.40. The lowest BCUT2D eigenvalue weighted by Gasteiger charge is -2.37. The summed E-state index contributed by atoms with van der Waals surface area (Å²) in [5, 5.41) is 0. The summed E-state index contributed by atoms with van der Waals surface area (Å²) in [6.07, 6.45) is 4.12. The lowest BCUT2D eigenvalue weighted by Crippen LogP contribution is -2.43. The van der Waals surface area contributed by atoms with E-state index in [0.717, 1.165) is 32.3 Å². The fraction of sp³-hybridized carbons (Fsp3) is 0.571. The van der Waals surface area contributed by atoms with E-state index in [1.807, 2.05) is 0 Å². The second-order valence-corrected chi connectivity index (χ2v) is 5.04. The smallest absolute Gasteiger partial charge is 0.0672 e. The van der Waals surface area contributed by atoms with Gasteiger partial charge in [-0.2, -0.15) is 0 Å². The van der Waals surface area contributed by atoms with Crippen LogP contribution in [0.3, 0.4) is 0 Å². The van der Waals surface area contributed by atoms with E-state index in [4.69, 9.17) is 10.5 Å². The summed E-state index contributed by atoms with van der Waals surface area (Å²) in [6.45, 7) is 3.00. The predicted molar refractivity (Wildman–Crippen MR) is 66.3 cm³/mol. The fourth-order valence-corrected chi connectivity index (χ4v) is 2.40. The molecule has 1 aromatic carbocycles. The summed E-state index contributed by atoms with van der Waals surface area (Å²) < 4.78 is 5.88. The monoisotopic (exact) mass is 219 g/mol. The van der Waals surface area contributed by atoms with Gasteiger partial charge in [0, 0.05) is 12.6 Å². The molecule has 2 N–H and O–H groups in total. The van der Waals surface area contributed by atoms with E-state index in [0.29, 0.717) is 6.04 Å². The molecule has 1 fully saturated rings. The third kappa shape index (κ3) is 3.06. The predicted octanol–water partition coefficient (Wildman–Crippen LogP) is 2.52. The summed E-state index contributed by atoms with van der Waals surface area (Å²) >= 11 is 0. The molecule has 2 rings (SSSR count). The summed E-state index contributed by atoms with van der Waals surface area (Å²) in [7, 11) is 0. The molecule has 2 nitrogen and oxygen atoms in total. The molecular weight excluding hydrogens is 198 g/mol. The van der Waals surface area contributed by atoms with Crippen molar-refractivity contribution in [1.29, 1.82) is 0 Å². The van der Waals surface area contributed by atoms with Crippen LogP contribution in [-0.2, 0) is 11.2 Å². The van der Waals surface area contributed by atoms with Gasteiger partial charge in [-0.3, -0.25) is 0 Å². The van der Waals surface area contributed by atoms with Gasteiger partial charge in [0.2, 0.25) is 0 Å². The average Bonchev–Trinajstić information content (AvgIpc) is 2.28. The van der Waals surface area contributed by atoms with Gasteiger partial charge in [0.15, 0.2) is 0 Å². The standard InChI is InChI=1S/C14H21NO/c1-14(11-13(15)8-10-16-14)9-7-12-5-3-2-4-6-12/h2-6,13H,7-11,15H2,1H3. The maximum Gasteiger partial charge on any atom is 0.0672 e. The van der Waals surface area contributed by atoms with E-state index in [-0.39, 0.29) is 5.60 Å². The summed E-state index contributed by atoms with van der Waals surface area (Å²) in [4.78, 5) is 0. The van der Waals surface area contributed by atoms with Crippen LogP contribution in [0.15, 0.2) is 30.3 Å². The van der Waals surface area contributed by atoms with Crippen molar-refractivity contribution in [3.8, 4) is 0 Å². The average molecular weight is 219 g/mol. The van der Waals surface area contributed by atoms with Gasteiger partial charge in [0.1, 0.15) is 0 Å². The van der Waals surface area contributed by atoms with Gasteiger partial charge in [0.05, 0.1) is 5.60 Å². The van der Waals surface area contributed by atoms with Crippen molar-refractivity contribution in [2.45, 2.75) is 44.2 Å². The van der Waals surface area contributed by atoms with Gasteiger partial charge >= 0.3 is 0 Å². The summed E-state index contributed by atoms with van der Waals surface area (Å²) in [5.41, 5.74) is 7.36. The SMILES string of the molecule is CC1(CCc2ccccc2)CC(N)CCO1. The number of ether oxygens (including phenoxy) is 1. The molecule has 1 heterocycles. The largest absolute Gasteiger partial charge is 0.375 e. The molecule has 1 aliphatic rings. The Kier molecular flexibility index (Phi) is 3.62. The van der Waals surface area contributed by atoms with Crippen LogP contribution < -0.4 is 5.73 Å². The molecule has 1 aliphatic heterocycles. The molecule has 16 heavy (non-hydrogen) atoms. The van der Waals surface area contributed by atoms with Crippen molar-refractivity contribution in [3.05, 3.63) is 35.9 Å². The number of aryl methyl sites for hydroxylation is 1. The van der Waals surface area contributed by atoms with Gasteiger partial charge in [0.25, 0.3) is 0 Å². The van der Waals surface area contributed by atoms with E-state index in [1.54, 1.807) is 0 Å².